The van der Waals surface area contributed by atoms with Gasteiger partial charge >= 0.3 is 7.60 Å². The van der Waals surface area contributed by atoms with Crippen molar-refractivity contribution in [2.75, 3.05) is 19.6 Å². The van der Waals surface area contributed by atoms with Gasteiger partial charge in [0.05, 0.1) is 19.0 Å². The highest BCUT2D eigenvalue weighted by Crippen LogP contribution is 2.34. The van der Waals surface area contributed by atoms with Crippen molar-refractivity contribution in [3.63, 3.8) is 0 Å². The van der Waals surface area contributed by atoms with Gasteiger partial charge in [-0.25, -0.2) is 15.0 Å². The van der Waals surface area contributed by atoms with E-state index in [1.807, 2.05) is 0 Å². The Bertz CT molecular complexity index is 660. The van der Waals surface area contributed by atoms with Gasteiger partial charge in [-0.3, -0.25) is 4.57 Å². The second-order valence-electron chi connectivity index (χ2n) is 4.32. The van der Waals surface area contributed by atoms with E-state index in [0.29, 0.717) is 17.6 Å². The average Bonchev–Trinajstić information content (AvgIpc) is 2.81. The number of hydrogen-bond donors (Lipinski definition) is 3. The Balaban J connectivity index is 2.22. The summed E-state index contributed by atoms with van der Waals surface area (Å²) in [6.45, 7) is -0.142. The van der Waals surface area contributed by atoms with E-state index in [4.69, 9.17) is 31.2 Å². The van der Waals surface area contributed by atoms with Crippen molar-refractivity contribution in [3.8, 4) is 0 Å². The normalized spacial score (nSPS) is 13.7. The van der Waals surface area contributed by atoms with Crippen molar-refractivity contribution >= 4 is 30.4 Å². The van der Waals surface area contributed by atoms with E-state index in [1.54, 1.807) is 4.57 Å². The number of hydrogen-bond acceptors (Lipinski definition) is 6. The van der Waals surface area contributed by atoms with Gasteiger partial charge in [0.15, 0.2) is 10.8 Å². The second kappa shape index (κ2) is 6.78. The minimum absolute atomic E-state index is 0.0116. The van der Waals surface area contributed by atoms with Crippen LogP contribution in [0.1, 0.15) is 12.5 Å². The lowest BCUT2D eigenvalue weighted by Crippen LogP contribution is -2.17. The zero-order valence-electron chi connectivity index (χ0n) is 10.8. The third-order valence-corrected chi connectivity index (χ3v) is 3.54. The zero-order chi connectivity index (χ0) is 15.5. The van der Waals surface area contributed by atoms with Gasteiger partial charge < -0.3 is 24.2 Å². The minimum atomic E-state index is -4.24. The summed E-state index contributed by atoms with van der Waals surface area (Å²) in [5.41, 5.74) is 0.880. The van der Waals surface area contributed by atoms with Gasteiger partial charge in [0, 0.05) is 6.61 Å². The molecule has 2 aromatic heterocycles. The number of nitrogens with zero attached hydrogens (tertiary/aromatic N) is 4. The van der Waals surface area contributed by atoms with Gasteiger partial charge in [-0.2, -0.15) is 0 Å². The van der Waals surface area contributed by atoms with Gasteiger partial charge in [-0.05, 0) is 6.42 Å². The van der Waals surface area contributed by atoms with Crippen LogP contribution in [0.3, 0.4) is 0 Å². The lowest BCUT2D eigenvalue weighted by molar-refractivity contribution is 0.112. The quantitative estimate of drug-likeness (QED) is 0.493. The molecule has 0 saturated carbocycles. The standard InChI is InChI=1S/C10H14ClN4O5P/c11-9-8-10(13-4-12-9)14-5-15(8)7(1-2-16)3-20-6-21(17,18)19/h4-5,7,16H,1-3,6H2,(H2,17,18,19). The summed E-state index contributed by atoms with van der Waals surface area (Å²) in [5.74, 6) is 0. The van der Waals surface area contributed by atoms with Crippen LogP contribution < -0.4 is 0 Å². The number of halogens is 1. The van der Waals surface area contributed by atoms with Crippen molar-refractivity contribution in [2.24, 2.45) is 0 Å². The molecule has 116 valence electrons. The Morgan fingerprint density at radius 3 is 2.81 bits per heavy atom. The van der Waals surface area contributed by atoms with Crippen LogP contribution in [0.15, 0.2) is 12.7 Å². The molecule has 21 heavy (non-hydrogen) atoms. The number of aliphatic hydroxyl groups is 1. The third kappa shape index (κ3) is 4.19. The molecular weight excluding hydrogens is 323 g/mol. The van der Waals surface area contributed by atoms with Gasteiger partial charge in [-0.15, -0.1) is 0 Å². The lowest BCUT2D eigenvalue weighted by Gasteiger charge is -2.19. The van der Waals surface area contributed by atoms with E-state index in [-0.39, 0.29) is 18.4 Å². The summed E-state index contributed by atoms with van der Waals surface area (Å²) >= 11 is 6.01. The van der Waals surface area contributed by atoms with E-state index in [9.17, 15) is 4.57 Å². The van der Waals surface area contributed by atoms with Crippen molar-refractivity contribution in [2.45, 2.75) is 12.5 Å². The smallest absolute Gasteiger partial charge is 0.350 e. The monoisotopic (exact) mass is 336 g/mol. The predicted octanol–water partition coefficient (Wildman–Crippen LogP) is 0.555. The molecular formula is C10H14ClN4O5P. The van der Waals surface area contributed by atoms with Gasteiger partial charge in [0.2, 0.25) is 0 Å². The van der Waals surface area contributed by atoms with Crippen LogP contribution in [0, 0.1) is 0 Å². The van der Waals surface area contributed by atoms with Gasteiger partial charge in [0.25, 0.3) is 0 Å². The first-order valence-electron chi connectivity index (χ1n) is 5.98. The molecule has 0 spiro atoms. The predicted molar refractivity (Wildman–Crippen MR) is 73.9 cm³/mol. The third-order valence-electron chi connectivity index (χ3n) is 2.75. The SMILES string of the molecule is O=P(O)(O)COCC(CCO)n1cnc2ncnc(Cl)c21. The maximum Gasteiger partial charge on any atom is 0.350 e. The Kier molecular flexibility index (Phi) is 5.26. The Morgan fingerprint density at radius 2 is 2.14 bits per heavy atom. The molecule has 11 heteroatoms. The number of fused-ring (bicyclic) bond motifs is 1. The average molecular weight is 337 g/mol. The first kappa shape index (κ1) is 16.3. The Labute approximate surface area is 124 Å². The van der Waals surface area contributed by atoms with Crippen LogP contribution in [0.4, 0.5) is 0 Å². The first-order chi connectivity index (χ1) is 9.92. The Hall–Kier alpha value is -1.09. The molecule has 0 aliphatic rings. The van der Waals surface area contributed by atoms with Gasteiger partial charge in [0.1, 0.15) is 18.2 Å². The molecule has 1 atom stereocenters. The second-order valence-corrected chi connectivity index (χ2v) is 6.26. The summed E-state index contributed by atoms with van der Waals surface area (Å²) in [6.07, 6.45) is 2.38. The fraction of sp³-hybridized carbons (Fsp3) is 0.500. The topological polar surface area (TPSA) is 131 Å². The molecule has 0 aliphatic heterocycles. The summed E-state index contributed by atoms with van der Waals surface area (Å²) in [5, 5.41) is 9.33. The molecule has 2 heterocycles. The van der Waals surface area contributed by atoms with Crippen LogP contribution >= 0.6 is 19.2 Å². The van der Waals surface area contributed by atoms with E-state index < -0.39 is 20.0 Å². The van der Waals surface area contributed by atoms with Crippen LogP contribution in [0.5, 0.6) is 0 Å². The van der Waals surface area contributed by atoms with Crippen LogP contribution in [0.2, 0.25) is 5.15 Å². The molecule has 0 amide bonds. The number of aliphatic hydroxyl groups excluding tert-OH is 1. The van der Waals surface area contributed by atoms with E-state index in [1.165, 1.54) is 12.7 Å². The number of ether oxygens (including phenoxy) is 1. The molecule has 0 bridgehead atoms. The number of imidazole rings is 1. The van der Waals surface area contributed by atoms with E-state index >= 15 is 0 Å². The highest BCUT2D eigenvalue weighted by Gasteiger charge is 2.19. The molecule has 0 aromatic carbocycles. The molecule has 1 unspecified atom stereocenters. The molecule has 0 fully saturated rings. The maximum absolute atomic E-state index is 10.8. The van der Waals surface area contributed by atoms with Crippen LogP contribution in [-0.4, -0.2) is 54.0 Å². The summed E-state index contributed by atoms with van der Waals surface area (Å²) in [6, 6.07) is -0.393. The molecule has 0 saturated heterocycles. The molecule has 2 rings (SSSR count). The highest BCUT2D eigenvalue weighted by atomic mass is 35.5. The van der Waals surface area contributed by atoms with Crippen molar-refractivity contribution in [1.82, 2.24) is 19.5 Å². The molecule has 0 radical (unpaired) electrons. The highest BCUT2D eigenvalue weighted by molar-refractivity contribution is 7.51. The van der Waals surface area contributed by atoms with Crippen LogP contribution in [0.25, 0.3) is 11.2 Å². The Morgan fingerprint density at radius 1 is 1.38 bits per heavy atom. The molecule has 0 aliphatic carbocycles. The summed E-state index contributed by atoms with van der Waals surface area (Å²) < 4.78 is 17.4. The maximum atomic E-state index is 10.8. The fourth-order valence-corrected chi connectivity index (χ4v) is 2.45. The zero-order valence-corrected chi connectivity index (χ0v) is 12.5. The molecule has 2 aromatic rings. The number of rotatable bonds is 7. The largest absolute Gasteiger partial charge is 0.396 e. The lowest BCUT2D eigenvalue weighted by atomic mass is 10.2. The summed E-state index contributed by atoms with van der Waals surface area (Å²) in [4.78, 5) is 29.5. The first-order valence-corrected chi connectivity index (χ1v) is 8.16. The van der Waals surface area contributed by atoms with Crippen molar-refractivity contribution in [1.29, 1.82) is 0 Å². The molecule has 3 N–H and O–H groups in total. The van der Waals surface area contributed by atoms with E-state index in [2.05, 4.69) is 15.0 Å². The van der Waals surface area contributed by atoms with Crippen LogP contribution in [-0.2, 0) is 9.30 Å². The van der Waals surface area contributed by atoms with Crippen molar-refractivity contribution in [3.05, 3.63) is 17.8 Å². The fourth-order valence-electron chi connectivity index (χ4n) is 1.88. The number of aromatic nitrogens is 4. The minimum Gasteiger partial charge on any atom is -0.396 e. The van der Waals surface area contributed by atoms with E-state index in [0.717, 1.165) is 0 Å². The molecule has 9 nitrogen and oxygen atoms in total. The van der Waals surface area contributed by atoms with Gasteiger partial charge in [-0.1, -0.05) is 11.6 Å². The van der Waals surface area contributed by atoms with Crippen molar-refractivity contribution < 1.29 is 24.2 Å². The summed E-state index contributed by atoms with van der Waals surface area (Å²) in [7, 11) is -4.24.